The van der Waals surface area contributed by atoms with Crippen molar-refractivity contribution in [3.05, 3.63) is 24.2 Å². The maximum absolute atomic E-state index is 11.4. The van der Waals surface area contributed by atoms with Crippen LogP contribution in [-0.4, -0.2) is 14.1 Å². The second-order valence-electron chi connectivity index (χ2n) is 3.68. The van der Waals surface area contributed by atoms with Crippen molar-refractivity contribution >= 4 is 14.1 Å². The number of furan rings is 1. The highest BCUT2D eigenvalue weighted by atomic mass is 28.3. The highest BCUT2D eigenvalue weighted by molar-refractivity contribution is 6.76. The summed E-state index contributed by atoms with van der Waals surface area (Å²) in [5.74, 6) is 0.275. The van der Waals surface area contributed by atoms with Gasteiger partial charge in [0.05, 0.1) is 6.26 Å². The molecule has 0 spiro atoms. The van der Waals surface area contributed by atoms with Crippen LogP contribution in [0.2, 0.25) is 19.6 Å². The normalized spacial score (nSPS) is 11.2. The highest BCUT2D eigenvalue weighted by Gasteiger charge is 2.18. The van der Waals surface area contributed by atoms with E-state index in [1.165, 1.54) is 6.26 Å². The van der Waals surface area contributed by atoms with Crippen molar-refractivity contribution in [2.75, 3.05) is 0 Å². The molecule has 1 amide bonds. The van der Waals surface area contributed by atoms with E-state index >= 15 is 0 Å². The summed E-state index contributed by atoms with van der Waals surface area (Å²) < 4.78 is 4.95. The number of hydrogen-bond acceptors (Lipinski definition) is 2. The maximum atomic E-state index is 11.4. The van der Waals surface area contributed by atoms with Crippen LogP contribution in [0, 0.1) is 0 Å². The Bertz CT molecular complexity index is 261. The molecule has 0 fully saturated rings. The second kappa shape index (κ2) is 3.14. The van der Waals surface area contributed by atoms with Crippen LogP contribution in [0.15, 0.2) is 22.8 Å². The standard InChI is InChI=1S/C8H13NO2Si/c1-12(2,3)9-8(10)7-5-4-6-11-7/h4-6H,1-3H3,(H,9,10). The van der Waals surface area contributed by atoms with E-state index in [0.717, 1.165) is 0 Å². The Hall–Kier alpha value is -1.03. The van der Waals surface area contributed by atoms with Crippen molar-refractivity contribution in [3.8, 4) is 0 Å². The van der Waals surface area contributed by atoms with Crippen molar-refractivity contribution in [2.24, 2.45) is 0 Å². The smallest absolute Gasteiger partial charge is 0.279 e. The van der Waals surface area contributed by atoms with E-state index in [1.54, 1.807) is 12.1 Å². The van der Waals surface area contributed by atoms with Crippen molar-refractivity contribution < 1.29 is 9.21 Å². The Morgan fingerprint density at radius 3 is 2.58 bits per heavy atom. The molecule has 0 aliphatic rings. The first kappa shape index (κ1) is 9.06. The van der Waals surface area contributed by atoms with Crippen LogP contribution in [-0.2, 0) is 0 Å². The molecule has 1 aromatic heterocycles. The van der Waals surface area contributed by atoms with Crippen LogP contribution in [0.1, 0.15) is 10.6 Å². The van der Waals surface area contributed by atoms with Gasteiger partial charge in [-0.1, -0.05) is 19.6 Å². The molecule has 66 valence electrons. The zero-order valence-corrected chi connectivity index (χ0v) is 8.55. The van der Waals surface area contributed by atoms with Gasteiger partial charge in [-0.3, -0.25) is 4.79 Å². The first-order valence-corrected chi connectivity index (χ1v) is 7.35. The fraction of sp³-hybridized carbons (Fsp3) is 0.375. The largest absolute Gasteiger partial charge is 0.459 e. The third-order valence-corrected chi connectivity index (χ3v) is 2.21. The molecule has 12 heavy (non-hydrogen) atoms. The number of nitrogens with one attached hydrogen (secondary N) is 1. The molecule has 0 saturated heterocycles. The molecule has 1 aromatic rings. The van der Waals surface area contributed by atoms with Crippen LogP contribution in [0.5, 0.6) is 0 Å². The molecule has 0 bridgehead atoms. The summed E-state index contributed by atoms with van der Waals surface area (Å²) in [5.41, 5.74) is 0. The third kappa shape index (κ3) is 2.54. The topological polar surface area (TPSA) is 42.2 Å². The first-order valence-electron chi connectivity index (χ1n) is 3.85. The molecule has 1 heterocycles. The van der Waals surface area contributed by atoms with Gasteiger partial charge in [0.2, 0.25) is 0 Å². The summed E-state index contributed by atoms with van der Waals surface area (Å²) in [4.78, 5) is 14.3. The quantitative estimate of drug-likeness (QED) is 0.711. The minimum Gasteiger partial charge on any atom is -0.459 e. The Balaban J connectivity index is 2.63. The van der Waals surface area contributed by atoms with Crippen molar-refractivity contribution in [2.45, 2.75) is 19.6 Å². The van der Waals surface area contributed by atoms with E-state index in [9.17, 15) is 4.79 Å². The summed E-state index contributed by atoms with van der Waals surface area (Å²) in [6.07, 6.45) is 1.50. The molecule has 0 saturated carbocycles. The molecular formula is C8H13NO2Si. The van der Waals surface area contributed by atoms with E-state index in [0.29, 0.717) is 5.76 Å². The van der Waals surface area contributed by atoms with Crippen molar-refractivity contribution in [1.82, 2.24) is 4.98 Å². The van der Waals surface area contributed by atoms with Crippen molar-refractivity contribution in [1.29, 1.82) is 0 Å². The molecule has 1 rings (SSSR count). The lowest BCUT2D eigenvalue weighted by atomic mass is 10.4. The average molecular weight is 183 g/mol. The van der Waals surface area contributed by atoms with Gasteiger partial charge >= 0.3 is 0 Å². The zero-order chi connectivity index (χ0) is 9.19. The van der Waals surface area contributed by atoms with E-state index in [1.807, 2.05) is 0 Å². The number of amides is 1. The Morgan fingerprint density at radius 2 is 2.17 bits per heavy atom. The fourth-order valence-electron chi connectivity index (χ4n) is 0.810. The van der Waals surface area contributed by atoms with Gasteiger partial charge in [-0.25, -0.2) is 0 Å². The number of carbonyl (C=O) groups excluding carboxylic acids is 1. The molecule has 0 aromatic carbocycles. The first-order chi connectivity index (χ1) is 5.49. The Kier molecular flexibility index (Phi) is 2.37. The highest BCUT2D eigenvalue weighted by Crippen LogP contribution is 2.02. The Labute approximate surface area is 72.9 Å². The lowest BCUT2D eigenvalue weighted by molar-refractivity contribution is 0.0951. The van der Waals surface area contributed by atoms with Crippen molar-refractivity contribution in [3.63, 3.8) is 0 Å². The maximum Gasteiger partial charge on any atom is 0.279 e. The van der Waals surface area contributed by atoms with Gasteiger partial charge < -0.3 is 9.40 Å². The van der Waals surface area contributed by atoms with Gasteiger partial charge in [-0.2, -0.15) is 0 Å². The summed E-state index contributed by atoms with van der Waals surface area (Å²) in [5, 5.41) is 0. The predicted octanol–water partition coefficient (Wildman–Crippen LogP) is 1.84. The second-order valence-corrected chi connectivity index (χ2v) is 8.43. The minimum atomic E-state index is -1.54. The van der Waals surface area contributed by atoms with Gasteiger partial charge in [-0.05, 0) is 12.1 Å². The van der Waals surface area contributed by atoms with Crippen LogP contribution in [0.3, 0.4) is 0 Å². The molecule has 0 atom stereocenters. The molecule has 3 nitrogen and oxygen atoms in total. The number of hydrogen-bond donors (Lipinski definition) is 1. The minimum absolute atomic E-state index is 0.112. The van der Waals surface area contributed by atoms with E-state index in [-0.39, 0.29) is 5.91 Å². The molecular weight excluding hydrogens is 170 g/mol. The monoisotopic (exact) mass is 183 g/mol. The molecule has 0 radical (unpaired) electrons. The van der Waals surface area contributed by atoms with Crippen LogP contribution < -0.4 is 4.98 Å². The van der Waals surface area contributed by atoms with E-state index in [2.05, 4.69) is 24.6 Å². The number of carbonyl (C=O) groups is 1. The Morgan fingerprint density at radius 1 is 1.50 bits per heavy atom. The van der Waals surface area contributed by atoms with E-state index in [4.69, 9.17) is 4.42 Å². The SMILES string of the molecule is C[Si](C)(C)NC(=O)c1ccco1. The molecule has 0 aliphatic heterocycles. The van der Waals surface area contributed by atoms with E-state index < -0.39 is 8.24 Å². The third-order valence-electron chi connectivity index (χ3n) is 1.23. The lowest BCUT2D eigenvalue weighted by Crippen LogP contribution is -2.45. The predicted molar refractivity (Wildman–Crippen MR) is 49.5 cm³/mol. The van der Waals surface area contributed by atoms with Gasteiger partial charge in [-0.15, -0.1) is 0 Å². The average Bonchev–Trinajstić information content (AvgIpc) is 2.32. The summed E-state index contributed by atoms with van der Waals surface area (Å²) >= 11 is 0. The summed E-state index contributed by atoms with van der Waals surface area (Å²) in [6, 6.07) is 3.37. The van der Waals surface area contributed by atoms with Crippen LogP contribution in [0.4, 0.5) is 0 Å². The van der Waals surface area contributed by atoms with Gasteiger partial charge in [0.15, 0.2) is 5.76 Å². The van der Waals surface area contributed by atoms with Gasteiger partial charge in [0.25, 0.3) is 5.91 Å². The van der Waals surface area contributed by atoms with Crippen LogP contribution in [0.25, 0.3) is 0 Å². The number of rotatable bonds is 2. The lowest BCUT2D eigenvalue weighted by Gasteiger charge is -2.16. The van der Waals surface area contributed by atoms with Crippen LogP contribution >= 0.6 is 0 Å². The summed E-state index contributed by atoms with van der Waals surface area (Å²) in [7, 11) is -1.54. The van der Waals surface area contributed by atoms with Gasteiger partial charge in [0.1, 0.15) is 8.24 Å². The molecule has 4 heteroatoms. The fourth-order valence-corrected chi connectivity index (χ4v) is 1.61. The molecule has 0 unspecified atom stereocenters. The molecule has 1 N–H and O–H groups in total. The van der Waals surface area contributed by atoms with Gasteiger partial charge in [0, 0.05) is 0 Å². The summed E-state index contributed by atoms with van der Waals surface area (Å²) in [6.45, 7) is 6.19. The molecule has 0 aliphatic carbocycles. The zero-order valence-electron chi connectivity index (χ0n) is 7.55.